The summed E-state index contributed by atoms with van der Waals surface area (Å²) in [5.41, 5.74) is 2.26. The highest BCUT2D eigenvalue weighted by molar-refractivity contribution is 6.04. The Balaban J connectivity index is 1.39. The first kappa shape index (κ1) is 18.8. The van der Waals surface area contributed by atoms with Gasteiger partial charge in [-0.3, -0.25) is 4.79 Å². The number of carbonyl (C=O) groups excluding carboxylic acids is 1. The first-order valence-electron chi connectivity index (χ1n) is 11.1. The third-order valence-corrected chi connectivity index (χ3v) is 7.12. The average Bonchev–Trinajstić information content (AvgIpc) is 3.42. The number of imidazole rings is 1. The van der Waals surface area contributed by atoms with E-state index in [1.807, 2.05) is 28.8 Å². The third-order valence-electron chi connectivity index (χ3n) is 7.12. The van der Waals surface area contributed by atoms with Crippen LogP contribution in [0.2, 0.25) is 0 Å². The molecule has 4 heterocycles. The zero-order valence-electron chi connectivity index (χ0n) is 17.6. The fourth-order valence-electron chi connectivity index (χ4n) is 5.07. The van der Waals surface area contributed by atoms with E-state index in [2.05, 4.69) is 23.4 Å². The molecule has 160 valence electrons. The van der Waals surface area contributed by atoms with Crippen molar-refractivity contribution >= 4 is 17.4 Å². The van der Waals surface area contributed by atoms with Gasteiger partial charge < -0.3 is 19.2 Å². The Bertz CT molecular complexity index is 1140. The number of carbonyl (C=O) groups is 1. The van der Waals surface area contributed by atoms with E-state index in [9.17, 15) is 4.79 Å². The van der Waals surface area contributed by atoms with E-state index in [1.54, 1.807) is 12.3 Å². The normalized spacial score (nSPS) is 27.4. The minimum Gasteiger partial charge on any atom is -0.486 e. The molecule has 6 rings (SSSR count). The van der Waals surface area contributed by atoms with Gasteiger partial charge in [-0.25, -0.2) is 9.97 Å². The van der Waals surface area contributed by atoms with Crippen molar-refractivity contribution in [2.24, 2.45) is 0 Å². The predicted molar refractivity (Wildman–Crippen MR) is 116 cm³/mol. The van der Waals surface area contributed by atoms with Crippen LogP contribution >= 0.6 is 0 Å². The number of rotatable bonds is 5. The van der Waals surface area contributed by atoms with Crippen molar-refractivity contribution in [3.8, 4) is 5.75 Å². The van der Waals surface area contributed by atoms with Gasteiger partial charge in [0.1, 0.15) is 5.82 Å². The monoisotopic (exact) mass is 418 g/mol. The molecule has 0 unspecified atom stereocenters. The summed E-state index contributed by atoms with van der Waals surface area (Å²) in [6.07, 6.45) is 12.1. The second-order valence-corrected chi connectivity index (χ2v) is 9.49. The van der Waals surface area contributed by atoms with Gasteiger partial charge in [0.05, 0.1) is 29.6 Å². The highest BCUT2D eigenvalue weighted by Crippen LogP contribution is 2.53. The van der Waals surface area contributed by atoms with Crippen molar-refractivity contribution in [3.63, 3.8) is 0 Å². The van der Waals surface area contributed by atoms with Gasteiger partial charge >= 0.3 is 0 Å². The standard InChI is InChI=1S/C24H26N4O3/c1-23-8-9-24(14-23,15-30-23)19-13-28-12-16(22(29)27-20-7-2-3-10-25-20)11-18(21(28)26-19)31-17-5-4-6-17/h2-3,7,10-13,17H,4-6,8-9,14-15H2,1H3,(H,25,27,29)/t23-,24-/m1/s1. The molecule has 3 aromatic heterocycles. The van der Waals surface area contributed by atoms with Gasteiger partial charge in [0.2, 0.25) is 0 Å². The first-order valence-corrected chi connectivity index (χ1v) is 11.1. The fourth-order valence-corrected chi connectivity index (χ4v) is 5.07. The van der Waals surface area contributed by atoms with Crippen molar-refractivity contribution in [2.45, 2.75) is 62.6 Å². The van der Waals surface area contributed by atoms with Crippen LogP contribution in [-0.4, -0.2) is 38.6 Å². The molecule has 1 amide bonds. The molecule has 7 heteroatoms. The number of hydrogen-bond donors (Lipinski definition) is 1. The van der Waals surface area contributed by atoms with Crippen LogP contribution in [0, 0.1) is 0 Å². The molecule has 1 saturated heterocycles. The van der Waals surface area contributed by atoms with Gasteiger partial charge in [0.25, 0.3) is 5.91 Å². The van der Waals surface area contributed by atoms with Crippen molar-refractivity contribution in [1.82, 2.24) is 14.4 Å². The lowest BCUT2D eigenvalue weighted by Crippen LogP contribution is -2.26. The van der Waals surface area contributed by atoms with E-state index in [4.69, 9.17) is 14.5 Å². The number of fused-ring (bicyclic) bond motifs is 3. The lowest BCUT2D eigenvalue weighted by Gasteiger charge is -2.26. The molecule has 1 N–H and O–H groups in total. The highest BCUT2D eigenvalue weighted by atomic mass is 16.5. The molecule has 0 spiro atoms. The number of aromatic nitrogens is 3. The molecule has 7 nitrogen and oxygen atoms in total. The van der Waals surface area contributed by atoms with Crippen LogP contribution in [0.25, 0.3) is 5.65 Å². The molecule has 3 aromatic rings. The van der Waals surface area contributed by atoms with Crippen LogP contribution in [0.15, 0.2) is 42.9 Å². The molecule has 3 aliphatic rings. The predicted octanol–water partition coefficient (Wildman–Crippen LogP) is 4.12. The van der Waals surface area contributed by atoms with Gasteiger partial charge in [-0.2, -0.15) is 0 Å². The van der Waals surface area contributed by atoms with E-state index >= 15 is 0 Å². The third kappa shape index (κ3) is 3.19. The lowest BCUT2D eigenvalue weighted by molar-refractivity contribution is -0.00627. The van der Waals surface area contributed by atoms with E-state index in [1.165, 1.54) is 6.42 Å². The molecule has 2 atom stereocenters. The van der Waals surface area contributed by atoms with Crippen LogP contribution in [0.3, 0.4) is 0 Å². The Labute approximate surface area is 180 Å². The Morgan fingerprint density at radius 2 is 2.19 bits per heavy atom. The Hall–Kier alpha value is -2.93. The van der Waals surface area contributed by atoms with Gasteiger partial charge in [0.15, 0.2) is 11.4 Å². The van der Waals surface area contributed by atoms with Crippen molar-refractivity contribution < 1.29 is 14.3 Å². The molecule has 31 heavy (non-hydrogen) atoms. The van der Waals surface area contributed by atoms with E-state index in [0.717, 1.165) is 43.4 Å². The summed E-state index contributed by atoms with van der Waals surface area (Å²) in [6.45, 7) is 2.90. The number of hydrogen-bond acceptors (Lipinski definition) is 5. The Morgan fingerprint density at radius 3 is 2.84 bits per heavy atom. The maximum Gasteiger partial charge on any atom is 0.258 e. The molecule has 0 radical (unpaired) electrons. The SMILES string of the molecule is C[C@]12CC[C@](c3cn4cc(C(=O)Nc5ccccn5)cc(OC5CCC5)c4n3)(CO1)C2. The van der Waals surface area contributed by atoms with Gasteiger partial charge in [-0.1, -0.05) is 6.07 Å². The maximum atomic E-state index is 12.9. The van der Waals surface area contributed by atoms with Crippen LogP contribution in [-0.2, 0) is 10.2 Å². The molecular formula is C24H26N4O3. The molecule has 2 aliphatic carbocycles. The quantitative estimate of drug-likeness (QED) is 0.674. The maximum absolute atomic E-state index is 12.9. The average molecular weight is 418 g/mol. The minimum atomic E-state index is -0.217. The van der Waals surface area contributed by atoms with Crippen LogP contribution < -0.4 is 10.1 Å². The van der Waals surface area contributed by atoms with E-state index in [-0.39, 0.29) is 23.0 Å². The molecular weight excluding hydrogens is 392 g/mol. The molecule has 2 bridgehead atoms. The number of nitrogens with one attached hydrogen (secondary N) is 1. The summed E-state index contributed by atoms with van der Waals surface area (Å²) in [7, 11) is 0. The van der Waals surface area contributed by atoms with Crippen molar-refractivity contribution in [3.05, 3.63) is 54.1 Å². The zero-order chi connectivity index (χ0) is 21.1. The van der Waals surface area contributed by atoms with Crippen LogP contribution in [0.4, 0.5) is 5.82 Å². The first-order chi connectivity index (χ1) is 15.0. The zero-order valence-corrected chi connectivity index (χ0v) is 17.6. The van der Waals surface area contributed by atoms with Crippen molar-refractivity contribution in [1.29, 1.82) is 0 Å². The van der Waals surface area contributed by atoms with Crippen molar-refractivity contribution in [2.75, 3.05) is 11.9 Å². The van der Waals surface area contributed by atoms with Gasteiger partial charge in [0, 0.05) is 24.0 Å². The Kier molecular flexibility index (Phi) is 4.12. The number of nitrogens with zero attached hydrogens (tertiary/aromatic N) is 3. The lowest BCUT2D eigenvalue weighted by atomic mass is 9.84. The summed E-state index contributed by atoms with van der Waals surface area (Å²) >= 11 is 0. The summed E-state index contributed by atoms with van der Waals surface area (Å²) in [6, 6.07) is 7.25. The highest BCUT2D eigenvalue weighted by Gasteiger charge is 2.55. The smallest absolute Gasteiger partial charge is 0.258 e. The Morgan fingerprint density at radius 1 is 1.29 bits per heavy atom. The summed E-state index contributed by atoms with van der Waals surface area (Å²) in [5, 5.41) is 2.86. The molecule has 1 aliphatic heterocycles. The molecule has 3 fully saturated rings. The number of anilines is 1. The molecule has 2 saturated carbocycles. The molecule has 0 aromatic carbocycles. The number of pyridine rings is 2. The number of amides is 1. The van der Waals surface area contributed by atoms with E-state index < -0.39 is 0 Å². The summed E-state index contributed by atoms with van der Waals surface area (Å²) < 4.78 is 14.3. The second kappa shape index (κ2) is 6.79. The van der Waals surface area contributed by atoms with Gasteiger partial charge in [-0.15, -0.1) is 0 Å². The minimum absolute atomic E-state index is 0.0329. The largest absolute Gasteiger partial charge is 0.486 e. The number of ether oxygens (including phenoxy) is 2. The summed E-state index contributed by atoms with van der Waals surface area (Å²) in [4.78, 5) is 22.1. The van der Waals surface area contributed by atoms with Crippen LogP contribution in [0.5, 0.6) is 5.75 Å². The topological polar surface area (TPSA) is 77.8 Å². The van der Waals surface area contributed by atoms with Gasteiger partial charge in [-0.05, 0) is 63.6 Å². The second-order valence-electron chi connectivity index (χ2n) is 9.49. The fraction of sp³-hybridized carbons (Fsp3) is 0.458. The van der Waals surface area contributed by atoms with E-state index in [0.29, 0.717) is 23.7 Å². The van der Waals surface area contributed by atoms with Crippen LogP contribution in [0.1, 0.15) is 61.5 Å². The summed E-state index contributed by atoms with van der Waals surface area (Å²) in [5.74, 6) is 0.971.